The molecule has 5 heteroatoms. The molecule has 0 aromatic heterocycles. The second kappa shape index (κ2) is 6.43. The lowest BCUT2D eigenvalue weighted by Gasteiger charge is -2.17. The zero-order valence-corrected chi connectivity index (χ0v) is 11.3. The van der Waals surface area contributed by atoms with Gasteiger partial charge in [0.25, 0.3) is 0 Å². The molecule has 1 saturated carbocycles. The Hall–Kier alpha value is -1.75. The van der Waals surface area contributed by atoms with Crippen LogP contribution in [-0.2, 0) is 4.79 Å². The number of nitrogen functional groups attached to an aromatic ring is 1. The molecule has 0 spiro atoms. The number of likely N-dealkylation sites (N-methyl/N-ethyl adjacent to an activating group) is 1. The van der Waals surface area contributed by atoms with Gasteiger partial charge in [0.1, 0.15) is 12.4 Å². The van der Waals surface area contributed by atoms with E-state index >= 15 is 0 Å². The molecule has 1 aliphatic rings. The number of hydrogen-bond acceptors (Lipinski definition) is 4. The summed E-state index contributed by atoms with van der Waals surface area (Å²) in [5.74, 6) is 0.780. The third-order valence-electron chi connectivity index (χ3n) is 3.01. The van der Waals surface area contributed by atoms with Crippen molar-refractivity contribution >= 4 is 11.6 Å². The molecule has 0 atom stereocenters. The predicted molar refractivity (Wildman–Crippen MR) is 75.0 cm³/mol. The SMILES string of the molecule is CN(CCOc1ccccc1N)CC(=O)NC1CC1. The van der Waals surface area contributed by atoms with E-state index in [9.17, 15) is 4.79 Å². The number of hydrogen-bond donors (Lipinski definition) is 2. The van der Waals surface area contributed by atoms with Crippen LogP contribution in [0.15, 0.2) is 24.3 Å². The largest absolute Gasteiger partial charge is 0.490 e. The molecule has 1 fully saturated rings. The summed E-state index contributed by atoms with van der Waals surface area (Å²) >= 11 is 0. The van der Waals surface area contributed by atoms with Crippen LogP contribution in [0.3, 0.4) is 0 Å². The summed E-state index contributed by atoms with van der Waals surface area (Å²) in [6, 6.07) is 7.83. The second-order valence-electron chi connectivity index (χ2n) is 4.97. The molecule has 1 aromatic carbocycles. The Labute approximate surface area is 113 Å². The minimum absolute atomic E-state index is 0.0872. The number of amides is 1. The van der Waals surface area contributed by atoms with E-state index in [0.717, 1.165) is 12.8 Å². The first kappa shape index (κ1) is 13.7. The molecule has 19 heavy (non-hydrogen) atoms. The standard InChI is InChI=1S/C14H21N3O2/c1-17(10-14(18)16-11-6-7-11)8-9-19-13-5-3-2-4-12(13)15/h2-5,11H,6-10,15H2,1H3,(H,16,18). The van der Waals surface area contributed by atoms with Crippen LogP contribution in [0.2, 0.25) is 0 Å². The van der Waals surface area contributed by atoms with Crippen LogP contribution in [0.25, 0.3) is 0 Å². The zero-order chi connectivity index (χ0) is 13.7. The minimum Gasteiger partial charge on any atom is -0.490 e. The number of carbonyl (C=O) groups excluding carboxylic acids is 1. The van der Waals surface area contributed by atoms with Crippen LogP contribution >= 0.6 is 0 Å². The van der Waals surface area contributed by atoms with Crippen LogP contribution in [-0.4, -0.2) is 43.6 Å². The summed E-state index contributed by atoms with van der Waals surface area (Å²) in [4.78, 5) is 13.5. The molecule has 5 nitrogen and oxygen atoms in total. The maximum absolute atomic E-state index is 11.6. The van der Waals surface area contributed by atoms with Crippen molar-refractivity contribution in [3.05, 3.63) is 24.3 Å². The molecule has 2 rings (SSSR count). The lowest BCUT2D eigenvalue weighted by molar-refractivity contribution is -0.122. The summed E-state index contributed by atoms with van der Waals surface area (Å²) in [5.41, 5.74) is 6.41. The van der Waals surface area contributed by atoms with Crippen LogP contribution < -0.4 is 15.8 Å². The summed E-state index contributed by atoms with van der Waals surface area (Å²) in [5, 5.41) is 2.96. The highest BCUT2D eigenvalue weighted by Crippen LogP contribution is 2.19. The zero-order valence-electron chi connectivity index (χ0n) is 11.3. The molecule has 0 radical (unpaired) electrons. The van der Waals surface area contributed by atoms with Gasteiger partial charge in [0, 0.05) is 12.6 Å². The fraction of sp³-hybridized carbons (Fsp3) is 0.500. The van der Waals surface area contributed by atoms with Crippen LogP contribution in [0.5, 0.6) is 5.75 Å². The first-order valence-electron chi connectivity index (χ1n) is 6.60. The van der Waals surface area contributed by atoms with E-state index in [0.29, 0.717) is 37.2 Å². The van der Waals surface area contributed by atoms with Crippen molar-refractivity contribution in [3.8, 4) is 5.75 Å². The van der Waals surface area contributed by atoms with E-state index in [1.54, 1.807) is 0 Å². The highest BCUT2D eigenvalue weighted by molar-refractivity contribution is 5.78. The molecule has 0 bridgehead atoms. The fourth-order valence-corrected chi connectivity index (χ4v) is 1.75. The third kappa shape index (κ3) is 4.79. The molecule has 1 amide bonds. The van der Waals surface area contributed by atoms with Gasteiger partial charge in [-0.1, -0.05) is 12.1 Å². The number of nitrogens with one attached hydrogen (secondary N) is 1. The normalized spacial score (nSPS) is 14.4. The van der Waals surface area contributed by atoms with E-state index in [1.807, 2.05) is 36.2 Å². The number of para-hydroxylation sites is 2. The third-order valence-corrected chi connectivity index (χ3v) is 3.01. The highest BCUT2D eigenvalue weighted by atomic mass is 16.5. The van der Waals surface area contributed by atoms with Gasteiger partial charge in [-0.2, -0.15) is 0 Å². The first-order valence-corrected chi connectivity index (χ1v) is 6.60. The quantitative estimate of drug-likeness (QED) is 0.716. The molecule has 0 saturated heterocycles. The summed E-state index contributed by atoms with van der Waals surface area (Å²) < 4.78 is 5.58. The molecule has 0 aliphatic heterocycles. The van der Waals surface area contributed by atoms with Gasteiger partial charge in [-0.3, -0.25) is 9.69 Å². The summed E-state index contributed by atoms with van der Waals surface area (Å²) in [7, 11) is 1.91. The van der Waals surface area contributed by atoms with E-state index in [-0.39, 0.29) is 5.91 Å². The van der Waals surface area contributed by atoms with Gasteiger partial charge in [-0.05, 0) is 32.0 Å². The number of anilines is 1. The van der Waals surface area contributed by atoms with Crippen molar-refractivity contribution in [1.82, 2.24) is 10.2 Å². The van der Waals surface area contributed by atoms with Crippen molar-refractivity contribution in [3.63, 3.8) is 0 Å². The van der Waals surface area contributed by atoms with Gasteiger partial charge >= 0.3 is 0 Å². The smallest absolute Gasteiger partial charge is 0.234 e. The van der Waals surface area contributed by atoms with Gasteiger partial charge in [0.05, 0.1) is 12.2 Å². The maximum Gasteiger partial charge on any atom is 0.234 e. The molecule has 1 aliphatic carbocycles. The molecule has 104 valence electrons. The number of rotatable bonds is 7. The van der Waals surface area contributed by atoms with Gasteiger partial charge in [0.15, 0.2) is 0 Å². The molecular weight excluding hydrogens is 242 g/mol. The minimum atomic E-state index is 0.0872. The topological polar surface area (TPSA) is 67.6 Å². The number of ether oxygens (including phenoxy) is 1. The van der Waals surface area contributed by atoms with Crippen molar-refractivity contribution in [2.24, 2.45) is 0 Å². The van der Waals surface area contributed by atoms with Crippen molar-refractivity contribution < 1.29 is 9.53 Å². The molecular formula is C14H21N3O2. The lowest BCUT2D eigenvalue weighted by atomic mass is 10.3. The molecule has 1 aromatic rings. The fourth-order valence-electron chi connectivity index (χ4n) is 1.75. The van der Waals surface area contributed by atoms with Crippen LogP contribution in [0.1, 0.15) is 12.8 Å². The number of benzene rings is 1. The van der Waals surface area contributed by atoms with E-state index in [1.165, 1.54) is 0 Å². The van der Waals surface area contributed by atoms with Crippen LogP contribution in [0, 0.1) is 0 Å². The Morgan fingerprint density at radius 2 is 2.21 bits per heavy atom. The van der Waals surface area contributed by atoms with Crippen molar-refractivity contribution in [1.29, 1.82) is 0 Å². The second-order valence-corrected chi connectivity index (χ2v) is 4.97. The van der Waals surface area contributed by atoms with Crippen molar-refractivity contribution in [2.45, 2.75) is 18.9 Å². The molecule has 0 heterocycles. The van der Waals surface area contributed by atoms with Crippen LogP contribution in [0.4, 0.5) is 5.69 Å². The average Bonchev–Trinajstić information content (AvgIpc) is 3.15. The Balaban J connectivity index is 1.64. The number of nitrogens with zero attached hydrogens (tertiary/aromatic N) is 1. The summed E-state index contributed by atoms with van der Waals surface area (Å²) in [6.07, 6.45) is 2.23. The van der Waals surface area contributed by atoms with E-state index in [2.05, 4.69) is 5.32 Å². The molecule has 0 unspecified atom stereocenters. The molecule has 3 N–H and O–H groups in total. The highest BCUT2D eigenvalue weighted by Gasteiger charge is 2.23. The Bertz CT molecular complexity index is 432. The Morgan fingerprint density at radius 3 is 2.89 bits per heavy atom. The number of carbonyl (C=O) groups is 1. The Morgan fingerprint density at radius 1 is 1.47 bits per heavy atom. The van der Waals surface area contributed by atoms with Gasteiger partial charge in [-0.25, -0.2) is 0 Å². The van der Waals surface area contributed by atoms with Gasteiger partial charge in [0.2, 0.25) is 5.91 Å². The monoisotopic (exact) mass is 263 g/mol. The maximum atomic E-state index is 11.6. The predicted octanol–water partition coefficient (Wildman–Crippen LogP) is 0.858. The Kier molecular flexibility index (Phi) is 4.63. The lowest BCUT2D eigenvalue weighted by Crippen LogP contribution is -2.37. The number of nitrogens with two attached hydrogens (primary N) is 1. The van der Waals surface area contributed by atoms with Gasteiger partial charge < -0.3 is 15.8 Å². The summed E-state index contributed by atoms with van der Waals surface area (Å²) in [6.45, 7) is 1.61. The van der Waals surface area contributed by atoms with E-state index in [4.69, 9.17) is 10.5 Å². The average molecular weight is 263 g/mol. The van der Waals surface area contributed by atoms with Gasteiger partial charge in [-0.15, -0.1) is 0 Å². The first-order chi connectivity index (χ1) is 9.15. The van der Waals surface area contributed by atoms with Crippen molar-refractivity contribution in [2.75, 3.05) is 32.5 Å². The van der Waals surface area contributed by atoms with E-state index < -0.39 is 0 Å².